The van der Waals surface area contributed by atoms with Gasteiger partial charge in [-0.2, -0.15) is 0 Å². The van der Waals surface area contributed by atoms with Gasteiger partial charge in [0, 0.05) is 17.8 Å². The molecule has 4 aromatic carbocycles. The molecule has 0 bridgehead atoms. The van der Waals surface area contributed by atoms with Crippen LogP contribution in [0.4, 0.5) is 5.69 Å². The maximum atomic E-state index is 15.2. The summed E-state index contributed by atoms with van der Waals surface area (Å²) in [6.07, 6.45) is 7.18. The zero-order valence-corrected chi connectivity index (χ0v) is 30.4. The normalized spacial score (nSPS) is 25.4. The number of amides is 2. The van der Waals surface area contributed by atoms with Crippen LogP contribution in [0.15, 0.2) is 127 Å². The molecule has 9 nitrogen and oxygen atoms in total. The Balaban J connectivity index is 1.40. The molecule has 4 aliphatic rings. The Morgan fingerprint density at radius 1 is 0.945 bits per heavy atom. The number of fused-ring (bicyclic) bond motifs is 3. The third-order valence-corrected chi connectivity index (χ3v) is 11.2. The number of anilines is 1. The molecule has 278 valence electrons. The van der Waals surface area contributed by atoms with Crippen LogP contribution < -0.4 is 15.4 Å². The number of carbonyl (C=O) groups excluding carboxylic acids is 3. The fraction of sp³-hybridized carbons (Fsp3) is 0.283. The van der Waals surface area contributed by atoms with Crippen molar-refractivity contribution >= 4 is 23.5 Å². The SMILES string of the molecule is C=CCNC(=O)[C@H]1[C@@H]2C(=O)O[C@@H](c3ccccc3)[C@@H](c3ccccc3)N2[C@@H](c2ccc(OCCO)cc2)[C@]12C(=O)Nc1ccc(C#CC3=CCCCC3)cc12. The summed E-state index contributed by atoms with van der Waals surface area (Å²) in [6, 6.07) is 29.8. The molecule has 9 heteroatoms. The van der Waals surface area contributed by atoms with Gasteiger partial charge in [-0.05, 0) is 83.8 Å². The summed E-state index contributed by atoms with van der Waals surface area (Å²) in [5, 5.41) is 15.5. The molecule has 2 fully saturated rings. The number of carbonyl (C=O) groups is 3. The first-order valence-electron chi connectivity index (χ1n) is 18.9. The highest BCUT2D eigenvalue weighted by molar-refractivity contribution is 6.12. The van der Waals surface area contributed by atoms with Crippen LogP contribution in [-0.2, 0) is 24.5 Å². The third-order valence-electron chi connectivity index (χ3n) is 11.2. The number of allylic oxidation sites excluding steroid dienone is 2. The molecule has 0 aromatic heterocycles. The number of morpholine rings is 1. The lowest BCUT2D eigenvalue weighted by atomic mass is 9.65. The van der Waals surface area contributed by atoms with Crippen LogP contribution >= 0.6 is 0 Å². The van der Waals surface area contributed by atoms with Gasteiger partial charge in [0.15, 0.2) is 0 Å². The van der Waals surface area contributed by atoms with Gasteiger partial charge >= 0.3 is 5.97 Å². The first-order chi connectivity index (χ1) is 26.9. The van der Waals surface area contributed by atoms with Crippen molar-refractivity contribution in [1.82, 2.24) is 10.2 Å². The molecule has 1 aliphatic carbocycles. The van der Waals surface area contributed by atoms with Crippen LogP contribution in [0.5, 0.6) is 5.75 Å². The maximum Gasteiger partial charge on any atom is 0.324 e. The van der Waals surface area contributed by atoms with E-state index in [2.05, 4.69) is 40.0 Å². The standard InChI is InChI=1S/C46H43N3O6/c1-2-26-47-43(51)38-40-44(52)55-41(33-16-10-5-11-17-33)39(32-14-8-4-9-15-32)49(40)42(34-21-23-35(24-22-34)54-28-27-50)46(38)36-29-31(20-25-37(36)48-45(46)53)19-18-30-12-6-3-7-13-30/h2,4-5,8-12,14-17,20-25,29,38-42,50H,1,3,6-7,13,26-28H2,(H,47,51)(H,48,53)/t38-,39-,40-,41+,42+,46-/m1/s1. The Morgan fingerprint density at radius 3 is 2.38 bits per heavy atom. The Bertz CT molecular complexity index is 2190. The second kappa shape index (κ2) is 15.4. The van der Waals surface area contributed by atoms with Gasteiger partial charge in [-0.1, -0.05) is 96.8 Å². The maximum absolute atomic E-state index is 15.2. The monoisotopic (exact) mass is 733 g/mol. The van der Waals surface area contributed by atoms with Crippen molar-refractivity contribution in [2.24, 2.45) is 5.92 Å². The molecule has 6 atom stereocenters. The number of nitrogens with one attached hydrogen (secondary N) is 2. The number of nitrogens with zero attached hydrogens (tertiary/aromatic N) is 1. The van der Waals surface area contributed by atoms with E-state index in [1.165, 1.54) is 0 Å². The van der Waals surface area contributed by atoms with E-state index in [-0.39, 0.29) is 19.8 Å². The highest BCUT2D eigenvalue weighted by Gasteiger charge is 2.74. The molecule has 1 spiro atoms. The van der Waals surface area contributed by atoms with Crippen LogP contribution in [0.2, 0.25) is 0 Å². The molecular formula is C46H43N3O6. The number of esters is 1. The number of ether oxygens (including phenoxy) is 2. The van der Waals surface area contributed by atoms with Crippen LogP contribution in [0.25, 0.3) is 0 Å². The lowest BCUT2D eigenvalue weighted by Crippen LogP contribution is -2.54. The Morgan fingerprint density at radius 2 is 1.69 bits per heavy atom. The highest BCUT2D eigenvalue weighted by Crippen LogP contribution is 2.64. The van der Waals surface area contributed by atoms with Gasteiger partial charge in [0.2, 0.25) is 11.8 Å². The summed E-state index contributed by atoms with van der Waals surface area (Å²) < 4.78 is 12.2. The molecule has 0 saturated carbocycles. The van der Waals surface area contributed by atoms with Crippen LogP contribution in [-0.4, -0.2) is 53.6 Å². The van der Waals surface area contributed by atoms with Crippen molar-refractivity contribution in [3.8, 4) is 17.6 Å². The first kappa shape index (κ1) is 36.0. The molecule has 55 heavy (non-hydrogen) atoms. The van der Waals surface area contributed by atoms with Crippen LogP contribution in [0.3, 0.4) is 0 Å². The fourth-order valence-corrected chi connectivity index (χ4v) is 8.97. The first-order valence-corrected chi connectivity index (χ1v) is 18.9. The molecule has 3 N–H and O–H groups in total. The van der Waals surface area contributed by atoms with Crippen molar-refractivity contribution in [2.75, 3.05) is 25.1 Å². The molecule has 4 aromatic rings. The largest absolute Gasteiger partial charge is 0.491 e. The second-order valence-electron chi connectivity index (χ2n) is 14.4. The van der Waals surface area contributed by atoms with E-state index in [1.54, 1.807) is 18.2 Å². The molecule has 2 amide bonds. The predicted molar refractivity (Wildman–Crippen MR) is 209 cm³/mol. The fourth-order valence-electron chi connectivity index (χ4n) is 8.97. The number of hydrogen-bond donors (Lipinski definition) is 3. The van der Waals surface area contributed by atoms with Gasteiger partial charge in [-0.3, -0.25) is 19.3 Å². The lowest BCUT2D eigenvalue weighted by molar-refractivity contribution is -0.178. The summed E-state index contributed by atoms with van der Waals surface area (Å²) in [4.78, 5) is 46.9. The van der Waals surface area contributed by atoms with E-state index in [9.17, 15) is 14.7 Å². The molecule has 0 radical (unpaired) electrons. The van der Waals surface area contributed by atoms with E-state index in [1.807, 2.05) is 91.0 Å². The summed E-state index contributed by atoms with van der Waals surface area (Å²) >= 11 is 0. The van der Waals surface area contributed by atoms with Gasteiger partial charge in [0.05, 0.1) is 24.6 Å². The molecule has 3 heterocycles. The summed E-state index contributed by atoms with van der Waals surface area (Å²) in [5.74, 6) is 4.57. The van der Waals surface area contributed by atoms with Crippen molar-refractivity contribution in [2.45, 2.75) is 55.3 Å². The Labute approximate surface area is 321 Å². The van der Waals surface area contributed by atoms with Crippen molar-refractivity contribution in [1.29, 1.82) is 0 Å². The minimum Gasteiger partial charge on any atom is -0.491 e. The Hall–Kier alpha value is -5.95. The average Bonchev–Trinajstić information content (AvgIpc) is 3.71. The van der Waals surface area contributed by atoms with Gasteiger partial charge in [-0.25, -0.2) is 0 Å². The molecule has 2 saturated heterocycles. The van der Waals surface area contributed by atoms with Crippen LogP contribution in [0.1, 0.15) is 71.7 Å². The molecule has 8 rings (SSSR count). The van der Waals surface area contributed by atoms with E-state index in [4.69, 9.17) is 9.47 Å². The van der Waals surface area contributed by atoms with Gasteiger partial charge in [0.1, 0.15) is 29.9 Å². The van der Waals surface area contributed by atoms with E-state index in [0.29, 0.717) is 28.1 Å². The quantitative estimate of drug-likeness (QED) is 0.102. The average molecular weight is 734 g/mol. The smallest absolute Gasteiger partial charge is 0.324 e. The third kappa shape index (κ3) is 6.41. The topological polar surface area (TPSA) is 117 Å². The van der Waals surface area contributed by atoms with E-state index in [0.717, 1.165) is 42.4 Å². The number of cyclic esters (lactones) is 1. The van der Waals surface area contributed by atoms with Crippen molar-refractivity contribution in [3.05, 3.63) is 155 Å². The molecular weight excluding hydrogens is 691 g/mol. The Kier molecular flexibility index (Phi) is 10.1. The van der Waals surface area contributed by atoms with E-state index >= 15 is 4.79 Å². The van der Waals surface area contributed by atoms with Crippen molar-refractivity contribution < 1.29 is 29.0 Å². The summed E-state index contributed by atoms with van der Waals surface area (Å²) in [5.41, 5.74) is 3.69. The molecule has 3 aliphatic heterocycles. The number of rotatable bonds is 9. The van der Waals surface area contributed by atoms with Gasteiger partial charge < -0.3 is 25.2 Å². The number of hydrogen-bond acceptors (Lipinski definition) is 7. The summed E-state index contributed by atoms with van der Waals surface area (Å²) in [7, 11) is 0. The highest BCUT2D eigenvalue weighted by atomic mass is 16.6. The minimum absolute atomic E-state index is 0.115. The molecule has 0 unspecified atom stereocenters. The number of aliphatic hydroxyl groups is 1. The number of benzene rings is 4. The lowest BCUT2D eigenvalue weighted by Gasteiger charge is -2.46. The number of aliphatic hydroxyl groups excluding tert-OH is 1. The van der Waals surface area contributed by atoms with Gasteiger partial charge in [-0.15, -0.1) is 6.58 Å². The van der Waals surface area contributed by atoms with Crippen molar-refractivity contribution in [3.63, 3.8) is 0 Å². The predicted octanol–water partition coefficient (Wildman–Crippen LogP) is 6.48. The zero-order valence-electron chi connectivity index (χ0n) is 30.4. The van der Waals surface area contributed by atoms with Crippen LogP contribution in [0, 0.1) is 17.8 Å². The second-order valence-corrected chi connectivity index (χ2v) is 14.4. The van der Waals surface area contributed by atoms with E-state index < -0.39 is 53.3 Å². The summed E-state index contributed by atoms with van der Waals surface area (Å²) in [6.45, 7) is 3.92. The van der Waals surface area contributed by atoms with Gasteiger partial charge in [0.25, 0.3) is 0 Å². The minimum atomic E-state index is -1.61. The zero-order chi connectivity index (χ0) is 37.9.